The fourth-order valence-electron chi connectivity index (χ4n) is 2.58. The van der Waals surface area contributed by atoms with E-state index in [-0.39, 0.29) is 12.0 Å². The van der Waals surface area contributed by atoms with Crippen molar-refractivity contribution in [1.29, 1.82) is 0 Å². The molecule has 2 heterocycles. The third-order valence-corrected chi connectivity index (χ3v) is 7.70. The van der Waals surface area contributed by atoms with E-state index in [0.717, 1.165) is 17.2 Å². The Kier molecular flexibility index (Phi) is 9.17. The summed E-state index contributed by atoms with van der Waals surface area (Å²) in [6.07, 6.45) is -1.64. The van der Waals surface area contributed by atoms with Crippen molar-refractivity contribution >= 4 is 23.5 Å². The predicted molar refractivity (Wildman–Crippen MR) is 107 cm³/mol. The second kappa shape index (κ2) is 10.9. The van der Waals surface area contributed by atoms with E-state index in [9.17, 15) is 33.3 Å². The Bertz CT molecular complexity index is 1180. The largest absolute Gasteiger partial charge is 0.490 e. The molecule has 6 N–H and O–H groups in total. The first kappa shape index (κ1) is 27.8. The van der Waals surface area contributed by atoms with Crippen molar-refractivity contribution in [2.75, 3.05) is 6.61 Å². The molecule has 1 aromatic heterocycles. The zero-order chi connectivity index (χ0) is 25.0. The lowest BCUT2D eigenvalue weighted by Gasteiger charge is -2.19. The van der Waals surface area contributed by atoms with E-state index in [1.807, 2.05) is 6.92 Å². The summed E-state index contributed by atoms with van der Waals surface area (Å²) >= 11 is 0. The molecule has 1 aromatic rings. The van der Waals surface area contributed by atoms with Crippen LogP contribution in [0.5, 0.6) is 0 Å². The number of hydrogen-bond donors (Lipinski definition) is 6. The summed E-state index contributed by atoms with van der Waals surface area (Å²) in [5, 5.41) is 10.1. The Hall–Kier alpha value is -1.43. The number of ether oxygens (including phenoxy) is 1. The van der Waals surface area contributed by atoms with E-state index in [2.05, 4.69) is 30.0 Å². The molecule has 5 atom stereocenters. The van der Waals surface area contributed by atoms with Crippen LogP contribution in [-0.2, 0) is 31.6 Å². The van der Waals surface area contributed by atoms with Crippen molar-refractivity contribution in [2.24, 2.45) is 0 Å². The van der Waals surface area contributed by atoms with Gasteiger partial charge in [0.25, 0.3) is 5.56 Å². The molecule has 0 amide bonds. The predicted octanol–water partition coefficient (Wildman–Crippen LogP) is -0.320. The maximum atomic E-state index is 12.1. The van der Waals surface area contributed by atoms with Crippen LogP contribution in [0, 0.1) is 11.8 Å². The van der Waals surface area contributed by atoms with Gasteiger partial charge >= 0.3 is 29.2 Å². The minimum atomic E-state index is -5.70. The van der Waals surface area contributed by atoms with Crippen LogP contribution in [0.3, 0.4) is 0 Å². The summed E-state index contributed by atoms with van der Waals surface area (Å²) in [5.41, 5.74) is -1.62. The van der Waals surface area contributed by atoms with Crippen molar-refractivity contribution in [3.63, 3.8) is 0 Å². The summed E-state index contributed by atoms with van der Waals surface area (Å²) in [6.45, 7) is 0.985. The van der Waals surface area contributed by atoms with E-state index in [1.54, 1.807) is 0 Å². The Balaban J connectivity index is 2.09. The smallest absolute Gasteiger partial charge is 0.390 e. The van der Waals surface area contributed by atoms with E-state index in [1.165, 1.54) is 0 Å². The fraction of sp³-hybridized carbons (Fsp3) is 0.571. The lowest BCUT2D eigenvalue weighted by atomic mass is 10.2. The molecule has 19 heteroatoms. The number of unbranched alkanes of at least 4 members (excludes halogenated alkanes) is 1. The number of nitrogens with one attached hydrogen (secondary N) is 1. The SMILES string of the molecule is CCCC#Cc1cn([C@@H]2CC(O)[C@H](COP(=O)(O)OP(=O)(O)OP(=O)(O)O)O2)c(=O)[nH]c1=O. The number of phosphoric acid groups is 3. The number of hydrogen-bond acceptors (Lipinski definition) is 10. The summed E-state index contributed by atoms with van der Waals surface area (Å²) in [7, 11) is -16.7. The maximum Gasteiger partial charge on any atom is 0.490 e. The Morgan fingerprint density at radius 2 is 1.85 bits per heavy atom. The van der Waals surface area contributed by atoms with Crippen LogP contribution in [0.4, 0.5) is 0 Å². The molecule has 2 rings (SSSR count). The van der Waals surface area contributed by atoms with Gasteiger partial charge in [0.05, 0.1) is 12.7 Å². The normalized spacial score (nSPS) is 24.5. The monoisotopic (exact) mass is 534 g/mol. The van der Waals surface area contributed by atoms with Crippen LogP contribution in [0.25, 0.3) is 0 Å². The van der Waals surface area contributed by atoms with Gasteiger partial charge in [-0.1, -0.05) is 18.8 Å². The van der Waals surface area contributed by atoms with Crippen LogP contribution < -0.4 is 11.2 Å². The lowest BCUT2D eigenvalue weighted by molar-refractivity contribution is -0.0450. The van der Waals surface area contributed by atoms with Gasteiger partial charge in [0, 0.05) is 19.0 Å². The van der Waals surface area contributed by atoms with Gasteiger partial charge in [-0.15, -0.1) is 0 Å². The summed E-state index contributed by atoms with van der Waals surface area (Å²) in [5.74, 6) is 5.36. The Labute approximate surface area is 185 Å². The zero-order valence-corrected chi connectivity index (χ0v) is 19.5. The number of H-pyrrole nitrogens is 1. The number of aromatic amines is 1. The first-order valence-electron chi connectivity index (χ1n) is 9.08. The van der Waals surface area contributed by atoms with Crippen LogP contribution in [0.1, 0.15) is 38.0 Å². The van der Waals surface area contributed by atoms with Crippen molar-refractivity contribution < 1.29 is 56.3 Å². The number of nitrogens with zero attached hydrogens (tertiary/aromatic N) is 1. The molecule has 0 saturated carbocycles. The van der Waals surface area contributed by atoms with Gasteiger partial charge in [-0.3, -0.25) is 18.9 Å². The molecule has 1 fully saturated rings. The minimum Gasteiger partial charge on any atom is -0.390 e. The van der Waals surface area contributed by atoms with Crippen LogP contribution >= 0.6 is 23.5 Å². The molecule has 0 aliphatic carbocycles. The lowest BCUT2D eigenvalue weighted by Crippen LogP contribution is -2.33. The molecular formula is C14H21N2O14P3. The number of aromatic nitrogens is 2. The number of phosphoric ester groups is 1. The van der Waals surface area contributed by atoms with E-state index < -0.39 is 59.8 Å². The van der Waals surface area contributed by atoms with E-state index >= 15 is 0 Å². The standard InChI is InChI=1S/C14H21N2O14P3/c1-2-3-4-5-9-7-16(14(19)15-13(9)18)12-6-10(17)11(28-12)8-27-32(23,24)30-33(25,26)29-31(20,21)22/h7,10-12,17H,2-3,6,8H2,1H3,(H,23,24)(H,25,26)(H,15,18,19)(H2,20,21,22)/t10?,11-,12-/m0/s1. The van der Waals surface area contributed by atoms with Crippen LogP contribution in [0.2, 0.25) is 0 Å². The van der Waals surface area contributed by atoms with Gasteiger partial charge in [-0.25, -0.2) is 18.5 Å². The molecule has 33 heavy (non-hydrogen) atoms. The van der Waals surface area contributed by atoms with Crippen molar-refractivity contribution in [3.05, 3.63) is 32.6 Å². The highest BCUT2D eigenvalue weighted by molar-refractivity contribution is 7.66. The second-order valence-corrected chi connectivity index (χ2v) is 11.0. The van der Waals surface area contributed by atoms with Gasteiger partial charge in [0.1, 0.15) is 17.9 Å². The first-order chi connectivity index (χ1) is 15.1. The molecular weight excluding hydrogens is 513 g/mol. The number of aliphatic hydroxyl groups is 1. The topological polar surface area (TPSA) is 244 Å². The van der Waals surface area contributed by atoms with Crippen LogP contribution in [0.15, 0.2) is 15.8 Å². The van der Waals surface area contributed by atoms with Crippen molar-refractivity contribution in [2.45, 2.75) is 44.6 Å². The average Bonchev–Trinajstić information content (AvgIpc) is 2.99. The third-order valence-electron chi connectivity index (χ3n) is 3.90. The van der Waals surface area contributed by atoms with Crippen molar-refractivity contribution in [1.82, 2.24) is 9.55 Å². The van der Waals surface area contributed by atoms with Gasteiger partial charge in [-0.05, 0) is 6.42 Å². The highest BCUT2D eigenvalue weighted by Gasteiger charge is 2.43. The molecule has 0 aromatic carbocycles. The van der Waals surface area contributed by atoms with E-state index in [0.29, 0.717) is 6.42 Å². The highest BCUT2D eigenvalue weighted by atomic mass is 31.3. The number of rotatable bonds is 9. The molecule has 1 aliphatic heterocycles. The van der Waals surface area contributed by atoms with Crippen LogP contribution in [-0.4, -0.2) is 53.0 Å². The molecule has 16 nitrogen and oxygen atoms in total. The average molecular weight is 534 g/mol. The molecule has 1 saturated heterocycles. The molecule has 0 spiro atoms. The van der Waals surface area contributed by atoms with Gasteiger partial charge < -0.3 is 29.4 Å². The zero-order valence-electron chi connectivity index (χ0n) is 16.8. The van der Waals surface area contributed by atoms with Gasteiger partial charge in [-0.2, -0.15) is 8.62 Å². The first-order valence-corrected chi connectivity index (χ1v) is 13.6. The molecule has 0 radical (unpaired) electrons. The molecule has 0 bridgehead atoms. The number of aliphatic hydroxyl groups excluding tert-OH is 1. The molecule has 3 unspecified atom stereocenters. The summed E-state index contributed by atoms with van der Waals surface area (Å²) < 4.78 is 51.7. The Morgan fingerprint density at radius 3 is 2.45 bits per heavy atom. The van der Waals surface area contributed by atoms with Crippen molar-refractivity contribution in [3.8, 4) is 11.8 Å². The summed E-state index contributed by atoms with van der Waals surface area (Å²) in [6, 6.07) is 0. The summed E-state index contributed by atoms with van der Waals surface area (Å²) in [4.78, 5) is 61.7. The van der Waals surface area contributed by atoms with Gasteiger partial charge in [0.15, 0.2) is 0 Å². The minimum absolute atomic E-state index is 0.0298. The fourth-order valence-corrected chi connectivity index (χ4v) is 5.61. The Morgan fingerprint density at radius 1 is 1.18 bits per heavy atom. The van der Waals surface area contributed by atoms with E-state index in [4.69, 9.17) is 19.4 Å². The second-order valence-electron chi connectivity index (χ2n) is 6.58. The molecule has 186 valence electrons. The maximum absolute atomic E-state index is 12.1. The third kappa shape index (κ3) is 8.70. The van der Waals surface area contributed by atoms with Gasteiger partial charge in [0.2, 0.25) is 0 Å². The highest BCUT2D eigenvalue weighted by Crippen LogP contribution is 2.66. The molecule has 1 aliphatic rings. The quantitative estimate of drug-likeness (QED) is 0.176.